The second-order valence-electron chi connectivity index (χ2n) is 8.04. The van der Waals surface area contributed by atoms with Gasteiger partial charge in [0.2, 0.25) is 6.79 Å². The first kappa shape index (κ1) is 18.7. The molecule has 2 aliphatic rings. The van der Waals surface area contributed by atoms with Crippen molar-refractivity contribution in [1.29, 1.82) is 0 Å². The Morgan fingerprint density at radius 2 is 1.90 bits per heavy atom. The summed E-state index contributed by atoms with van der Waals surface area (Å²) in [6.07, 6.45) is 4.04. The molecule has 1 fully saturated rings. The molecule has 3 aromatic rings. The van der Waals surface area contributed by atoms with E-state index in [0.29, 0.717) is 11.7 Å². The smallest absolute Gasteiger partial charge is 0.231 e. The van der Waals surface area contributed by atoms with Crippen molar-refractivity contribution in [3.63, 3.8) is 0 Å². The monoisotopic (exact) mass is 407 g/mol. The maximum atomic E-state index is 5.58. The van der Waals surface area contributed by atoms with Crippen molar-refractivity contribution in [1.82, 2.24) is 20.2 Å². The van der Waals surface area contributed by atoms with E-state index < -0.39 is 5.54 Å². The molecule has 1 aliphatic heterocycles. The highest BCUT2D eigenvalue weighted by molar-refractivity contribution is 5.58. The first-order chi connectivity index (χ1) is 14.7. The number of aromatic nitrogens is 4. The average Bonchev–Trinajstić information content (AvgIpc) is 3.45. The molecule has 0 radical (unpaired) electrons. The minimum absolute atomic E-state index is 0.235. The van der Waals surface area contributed by atoms with Crippen LogP contribution in [0.4, 0.5) is 5.69 Å². The number of hydrogen-bond acceptors (Lipinski definition) is 7. The van der Waals surface area contributed by atoms with Crippen LogP contribution in [0.25, 0.3) is 5.69 Å². The summed E-state index contributed by atoms with van der Waals surface area (Å²) in [6, 6.07) is 13.7. The number of para-hydroxylation sites is 2. The predicted octanol–water partition coefficient (Wildman–Crippen LogP) is 3.92. The van der Waals surface area contributed by atoms with Gasteiger partial charge in [0.25, 0.3) is 0 Å². The Morgan fingerprint density at radius 1 is 1.10 bits per heavy atom. The SMILES string of the molecule is COc1ccccc1NC1(c2nnnn2-c2ccc3c(c2)OCO3)CCC(C)CC1. The van der Waals surface area contributed by atoms with Crippen molar-refractivity contribution in [2.75, 3.05) is 19.2 Å². The van der Waals surface area contributed by atoms with E-state index in [0.717, 1.165) is 54.4 Å². The molecule has 1 aromatic heterocycles. The van der Waals surface area contributed by atoms with E-state index in [1.165, 1.54) is 0 Å². The fraction of sp³-hybridized carbons (Fsp3) is 0.409. The lowest BCUT2D eigenvalue weighted by molar-refractivity contribution is 0.174. The van der Waals surface area contributed by atoms with Gasteiger partial charge in [0.15, 0.2) is 17.3 Å². The van der Waals surface area contributed by atoms with Crippen molar-refractivity contribution in [3.05, 3.63) is 48.3 Å². The van der Waals surface area contributed by atoms with Gasteiger partial charge in [0.05, 0.1) is 24.0 Å². The molecule has 0 spiro atoms. The van der Waals surface area contributed by atoms with E-state index in [1.807, 2.05) is 42.5 Å². The topological polar surface area (TPSA) is 83.3 Å². The molecular weight excluding hydrogens is 382 g/mol. The van der Waals surface area contributed by atoms with Gasteiger partial charge in [-0.3, -0.25) is 0 Å². The fourth-order valence-electron chi connectivity index (χ4n) is 4.34. The zero-order valence-corrected chi connectivity index (χ0v) is 17.2. The number of hydrogen-bond donors (Lipinski definition) is 1. The van der Waals surface area contributed by atoms with Gasteiger partial charge in [-0.1, -0.05) is 19.1 Å². The first-order valence-electron chi connectivity index (χ1n) is 10.3. The van der Waals surface area contributed by atoms with Gasteiger partial charge >= 0.3 is 0 Å². The minimum atomic E-state index is -0.402. The number of rotatable bonds is 5. The molecule has 5 rings (SSSR count). The Hall–Kier alpha value is -3.29. The van der Waals surface area contributed by atoms with Gasteiger partial charge in [-0.25, -0.2) is 0 Å². The highest BCUT2D eigenvalue weighted by Gasteiger charge is 2.41. The number of benzene rings is 2. The Balaban J connectivity index is 1.57. The van der Waals surface area contributed by atoms with Crippen LogP contribution in [0.2, 0.25) is 0 Å². The van der Waals surface area contributed by atoms with Gasteiger partial charge in [-0.15, -0.1) is 5.10 Å². The van der Waals surface area contributed by atoms with Crippen molar-refractivity contribution >= 4 is 5.69 Å². The zero-order chi connectivity index (χ0) is 20.6. The highest BCUT2D eigenvalue weighted by Crippen LogP contribution is 2.43. The number of fused-ring (bicyclic) bond motifs is 1. The average molecular weight is 407 g/mol. The summed E-state index contributed by atoms with van der Waals surface area (Å²) in [6.45, 7) is 2.53. The Labute approximate surface area is 175 Å². The number of tetrazole rings is 1. The lowest BCUT2D eigenvalue weighted by Gasteiger charge is -2.40. The summed E-state index contributed by atoms with van der Waals surface area (Å²) in [5, 5.41) is 16.6. The zero-order valence-electron chi connectivity index (χ0n) is 17.2. The number of ether oxygens (including phenoxy) is 3. The second kappa shape index (κ2) is 7.51. The number of methoxy groups -OCH3 is 1. The molecule has 0 saturated heterocycles. The lowest BCUT2D eigenvalue weighted by Crippen LogP contribution is -2.41. The molecule has 30 heavy (non-hydrogen) atoms. The van der Waals surface area contributed by atoms with E-state index >= 15 is 0 Å². The molecule has 1 N–H and O–H groups in total. The fourth-order valence-corrected chi connectivity index (χ4v) is 4.34. The number of nitrogens with zero attached hydrogens (tertiary/aromatic N) is 4. The van der Waals surface area contributed by atoms with Crippen LogP contribution >= 0.6 is 0 Å². The van der Waals surface area contributed by atoms with Crippen LogP contribution in [0.5, 0.6) is 17.2 Å². The molecule has 156 valence electrons. The first-order valence-corrected chi connectivity index (χ1v) is 10.3. The maximum absolute atomic E-state index is 5.58. The Morgan fingerprint density at radius 3 is 2.73 bits per heavy atom. The van der Waals surface area contributed by atoms with Crippen LogP contribution in [0.15, 0.2) is 42.5 Å². The van der Waals surface area contributed by atoms with Gasteiger partial charge < -0.3 is 19.5 Å². The van der Waals surface area contributed by atoms with E-state index in [9.17, 15) is 0 Å². The summed E-state index contributed by atoms with van der Waals surface area (Å²) in [4.78, 5) is 0. The third-order valence-electron chi connectivity index (χ3n) is 6.11. The number of anilines is 1. The summed E-state index contributed by atoms with van der Waals surface area (Å²) in [5.74, 6) is 3.71. The quantitative estimate of drug-likeness (QED) is 0.686. The molecule has 8 heteroatoms. The van der Waals surface area contributed by atoms with E-state index in [4.69, 9.17) is 14.2 Å². The summed E-state index contributed by atoms with van der Waals surface area (Å²) in [5.41, 5.74) is 1.38. The molecule has 0 atom stereocenters. The third-order valence-corrected chi connectivity index (χ3v) is 6.11. The van der Waals surface area contributed by atoms with Crippen LogP contribution in [0, 0.1) is 5.92 Å². The molecule has 0 unspecified atom stereocenters. The van der Waals surface area contributed by atoms with Crippen LogP contribution < -0.4 is 19.5 Å². The second-order valence-corrected chi connectivity index (χ2v) is 8.04. The summed E-state index contributed by atoms with van der Waals surface area (Å²) in [7, 11) is 1.69. The van der Waals surface area contributed by atoms with Crippen LogP contribution in [-0.2, 0) is 5.54 Å². The summed E-state index contributed by atoms with van der Waals surface area (Å²) < 4.78 is 18.4. The van der Waals surface area contributed by atoms with E-state index in [-0.39, 0.29) is 6.79 Å². The molecular formula is C22H25N5O3. The molecule has 1 aliphatic carbocycles. The molecule has 0 bridgehead atoms. The van der Waals surface area contributed by atoms with E-state index in [1.54, 1.807) is 11.8 Å². The predicted molar refractivity (Wildman–Crippen MR) is 111 cm³/mol. The van der Waals surface area contributed by atoms with Crippen molar-refractivity contribution < 1.29 is 14.2 Å². The maximum Gasteiger partial charge on any atom is 0.231 e. The normalized spacial score (nSPS) is 22.7. The summed E-state index contributed by atoms with van der Waals surface area (Å²) >= 11 is 0. The molecule has 1 saturated carbocycles. The Bertz CT molecular complexity index is 1040. The largest absolute Gasteiger partial charge is 0.495 e. The standard InChI is InChI=1S/C22H25N5O3/c1-15-9-11-22(12-10-15,23-17-5-3-4-6-18(17)28-2)21-24-25-26-27(21)16-7-8-19-20(13-16)30-14-29-19/h3-8,13,15,23H,9-12,14H2,1-2H3. The molecule has 0 amide bonds. The van der Waals surface area contributed by atoms with Crippen molar-refractivity contribution in [2.45, 2.75) is 38.1 Å². The van der Waals surface area contributed by atoms with Crippen molar-refractivity contribution in [3.8, 4) is 22.9 Å². The number of nitrogens with one attached hydrogen (secondary N) is 1. The van der Waals surface area contributed by atoms with Crippen molar-refractivity contribution in [2.24, 2.45) is 5.92 Å². The van der Waals surface area contributed by atoms with Gasteiger partial charge in [-0.05, 0) is 66.3 Å². The molecule has 8 nitrogen and oxygen atoms in total. The minimum Gasteiger partial charge on any atom is -0.495 e. The van der Waals surface area contributed by atoms with Gasteiger partial charge in [0.1, 0.15) is 5.75 Å². The van der Waals surface area contributed by atoms with Gasteiger partial charge in [-0.2, -0.15) is 4.68 Å². The van der Waals surface area contributed by atoms with Crippen LogP contribution in [0.3, 0.4) is 0 Å². The van der Waals surface area contributed by atoms with Crippen LogP contribution in [-0.4, -0.2) is 34.1 Å². The third kappa shape index (κ3) is 3.22. The lowest BCUT2D eigenvalue weighted by atomic mass is 9.76. The van der Waals surface area contributed by atoms with E-state index in [2.05, 4.69) is 27.8 Å². The molecule has 2 aromatic carbocycles. The highest BCUT2D eigenvalue weighted by atomic mass is 16.7. The van der Waals surface area contributed by atoms with Gasteiger partial charge in [0, 0.05) is 6.07 Å². The molecule has 2 heterocycles. The Kier molecular flexibility index (Phi) is 4.69. The van der Waals surface area contributed by atoms with Crippen LogP contribution in [0.1, 0.15) is 38.4 Å².